The van der Waals surface area contributed by atoms with Crippen LogP contribution in [0.15, 0.2) is 194 Å². The number of para-hydroxylation sites is 2. The average Bonchev–Trinajstić information content (AvgIpc) is 3.83. The third kappa shape index (κ3) is 5.40. The number of hydrogen-bond acceptors (Lipinski definition) is 4. The first kappa shape index (κ1) is 32.2. The van der Waals surface area contributed by atoms with Crippen LogP contribution in [-0.4, -0.2) is 19.5 Å². The van der Waals surface area contributed by atoms with Crippen molar-refractivity contribution < 1.29 is 0 Å². The molecule has 0 spiro atoms. The molecule has 0 saturated heterocycles. The van der Waals surface area contributed by atoms with Crippen molar-refractivity contribution in [3.05, 3.63) is 194 Å². The van der Waals surface area contributed by atoms with Gasteiger partial charge in [-0.15, -0.1) is 11.3 Å². The van der Waals surface area contributed by atoms with Crippen LogP contribution in [-0.2, 0) is 0 Å². The molecule has 0 amide bonds. The molecule has 0 atom stereocenters. The zero-order valence-corrected chi connectivity index (χ0v) is 31.0. The Bertz CT molecular complexity index is 3150. The highest BCUT2D eigenvalue weighted by molar-refractivity contribution is 7.26. The summed E-state index contributed by atoms with van der Waals surface area (Å²) in [6.07, 6.45) is 0. The standard InChI is InChI=1S/C51H32N4S/c1-4-14-35(15-5-1)42-32-43(53-51(52-42)38-16-6-2-7-17-38)36-28-24-33(25-29-36)34-26-30-37(31-27-34)47-46-40-20-10-12-22-44(40)55(39-18-8-3-9-19-39)49(46)50-48(54-47)41-21-11-13-23-45(41)56-50/h1-32H. The zero-order valence-electron chi connectivity index (χ0n) is 30.2. The topological polar surface area (TPSA) is 43.6 Å². The summed E-state index contributed by atoms with van der Waals surface area (Å²) in [6.45, 7) is 0. The summed E-state index contributed by atoms with van der Waals surface area (Å²) < 4.78 is 4.87. The molecule has 4 heterocycles. The molecule has 0 unspecified atom stereocenters. The van der Waals surface area contributed by atoms with Crippen LogP contribution in [0.1, 0.15) is 0 Å². The molecule has 0 N–H and O–H groups in total. The zero-order chi connectivity index (χ0) is 37.0. The molecule has 4 nitrogen and oxygen atoms in total. The summed E-state index contributed by atoms with van der Waals surface area (Å²) in [4.78, 5) is 15.5. The smallest absolute Gasteiger partial charge is 0.160 e. The second-order valence-electron chi connectivity index (χ2n) is 14.0. The molecule has 5 heteroatoms. The van der Waals surface area contributed by atoms with E-state index >= 15 is 0 Å². The Labute approximate surface area is 327 Å². The van der Waals surface area contributed by atoms with Gasteiger partial charge in [-0.25, -0.2) is 15.0 Å². The SMILES string of the molecule is c1ccc(-c2cc(-c3ccc(-c4ccc(-c5nc6c7ccccc7sc6c6c5c5ccccc5n6-c5ccccc5)cc4)cc3)nc(-c3ccccc3)n2)cc1. The van der Waals surface area contributed by atoms with E-state index in [1.165, 1.54) is 36.6 Å². The number of pyridine rings is 1. The van der Waals surface area contributed by atoms with E-state index in [2.05, 4.69) is 162 Å². The van der Waals surface area contributed by atoms with Crippen LogP contribution in [0.3, 0.4) is 0 Å². The molecule has 262 valence electrons. The number of rotatable bonds is 6. The van der Waals surface area contributed by atoms with Crippen LogP contribution in [0, 0.1) is 0 Å². The van der Waals surface area contributed by atoms with Crippen molar-refractivity contribution in [1.29, 1.82) is 0 Å². The highest BCUT2D eigenvalue weighted by Gasteiger charge is 2.23. The third-order valence-electron chi connectivity index (χ3n) is 10.6. The van der Waals surface area contributed by atoms with Gasteiger partial charge in [0, 0.05) is 48.8 Å². The van der Waals surface area contributed by atoms with Gasteiger partial charge in [0.05, 0.1) is 38.3 Å². The molecular weight excluding hydrogens is 701 g/mol. The van der Waals surface area contributed by atoms with Crippen LogP contribution in [0.5, 0.6) is 0 Å². The number of fused-ring (bicyclic) bond motifs is 7. The van der Waals surface area contributed by atoms with Crippen molar-refractivity contribution >= 4 is 53.4 Å². The Morgan fingerprint density at radius 2 is 0.929 bits per heavy atom. The minimum absolute atomic E-state index is 0.713. The Morgan fingerprint density at radius 1 is 0.411 bits per heavy atom. The number of thiophene rings is 1. The molecule has 0 aliphatic rings. The predicted octanol–water partition coefficient (Wildman–Crippen LogP) is 13.7. The van der Waals surface area contributed by atoms with Gasteiger partial charge in [-0.05, 0) is 41.5 Å². The molecule has 11 aromatic rings. The van der Waals surface area contributed by atoms with Crippen molar-refractivity contribution in [2.24, 2.45) is 0 Å². The first-order valence-electron chi connectivity index (χ1n) is 18.8. The molecule has 0 radical (unpaired) electrons. The Balaban J connectivity index is 1.02. The molecule has 0 aliphatic carbocycles. The lowest BCUT2D eigenvalue weighted by molar-refractivity contribution is 1.18. The third-order valence-corrected chi connectivity index (χ3v) is 11.8. The number of nitrogens with zero attached hydrogens (tertiary/aromatic N) is 4. The lowest BCUT2D eigenvalue weighted by atomic mass is 9.98. The quantitative estimate of drug-likeness (QED) is 0.171. The summed E-state index contributed by atoms with van der Waals surface area (Å²) in [6, 6.07) is 68.2. The maximum atomic E-state index is 5.51. The maximum Gasteiger partial charge on any atom is 0.160 e. The molecule has 56 heavy (non-hydrogen) atoms. The average molecular weight is 733 g/mol. The first-order valence-corrected chi connectivity index (χ1v) is 19.6. The van der Waals surface area contributed by atoms with Crippen molar-refractivity contribution in [2.75, 3.05) is 0 Å². The fourth-order valence-electron chi connectivity index (χ4n) is 7.94. The lowest BCUT2D eigenvalue weighted by Gasteiger charge is -2.11. The maximum absolute atomic E-state index is 5.51. The van der Waals surface area contributed by atoms with E-state index in [1.807, 2.05) is 47.7 Å². The van der Waals surface area contributed by atoms with E-state index in [0.29, 0.717) is 5.82 Å². The van der Waals surface area contributed by atoms with E-state index in [9.17, 15) is 0 Å². The van der Waals surface area contributed by atoms with Gasteiger partial charge in [-0.3, -0.25) is 0 Å². The van der Waals surface area contributed by atoms with E-state index in [-0.39, 0.29) is 0 Å². The van der Waals surface area contributed by atoms with Crippen LogP contribution >= 0.6 is 11.3 Å². The Morgan fingerprint density at radius 3 is 1.61 bits per heavy atom. The van der Waals surface area contributed by atoms with Crippen molar-refractivity contribution in [3.8, 4) is 62.0 Å². The minimum Gasteiger partial charge on any atom is -0.308 e. The highest BCUT2D eigenvalue weighted by atomic mass is 32.1. The summed E-state index contributed by atoms with van der Waals surface area (Å²) in [5.41, 5.74) is 13.8. The number of hydrogen-bond donors (Lipinski definition) is 0. The van der Waals surface area contributed by atoms with E-state index in [0.717, 1.165) is 61.7 Å². The molecule has 4 aromatic heterocycles. The predicted molar refractivity (Wildman–Crippen MR) is 234 cm³/mol. The second kappa shape index (κ2) is 13.3. The van der Waals surface area contributed by atoms with Gasteiger partial charge in [-0.2, -0.15) is 0 Å². The second-order valence-corrected chi connectivity index (χ2v) is 15.0. The minimum atomic E-state index is 0.713. The van der Waals surface area contributed by atoms with Crippen LogP contribution < -0.4 is 0 Å². The molecule has 0 fully saturated rings. The summed E-state index contributed by atoms with van der Waals surface area (Å²) in [7, 11) is 0. The van der Waals surface area contributed by atoms with Gasteiger partial charge < -0.3 is 4.57 Å². The summed E-state index contributed by atoms with van der Waals surface area (Å²) in [5.74, 6) is 0.713. The molecule has 0 saturated carbocycles. The number of aromatic nitrogens is 4. The van der Waals surface area contributed by atoms with Crippen molar-refractivity contribution in [3.63, 3.8) is 0 Å². The fraction of sp³-hybridized carbons (Fsp3) is 0. The van der Waals surface area contributed by atoms with Crippen LogP contribution in [0.4, 0.5) is 0 Å². The summed E-state index contributed by atoms with van der Waals surface area (Å²) in [5, 5.41) is 3.56. The van der Waals surface area contributed by atoms with E-state index < -0.39 is 0 Å². The monoisotopic (exact) mass is 732 g/mol. The number of benzene rings is 7. The van der Waals surface area contributed by atoms with Crippen LogP contribution in [0.2, 0.25) is 0 Å². The van der Waals surface area contributed by atoms with Gasteiger partial charge in [-0.1, -0.05) is 164 Å². The van der Waals surface area contributed by atoms with Gasteiger partial charge >= 0.3 is 0 Å². The molecular formula is C51H32N4S. The highest BCUT2D eigenvalue weighted by Crippen LogP contribution is 2.45. The van der Waals surface area contributed by atoms with Gasteiger partial charge in [0.1, 0.15) is 0 Å². The fourth-order valence-corrected chi connectivity index (χ4v) is 9.13. The van der Waals surface area contributed by atoms with Crippen molar-refractivity contribution in [1.82, 2.24) is 19.5 Å². The van der Waals surface area contributed by atoms with Gasteiger partial charge in [0.2, 0.25) is 0 Å². The Kier molecular flexibility index (Phi) is 7.64. The molecule has 7 aromatic carbocycles. The largest absolute Gasteiger partial charge is 0.308 e. The van der Waals surface area contributed by atoms with Gasteiger partial charge in [0.25, 0.3) is 0 Å². The van der Waals surface area contributed by atoms with E-state index in [1.54, 1.807) is 0 Å². The van der Waals surface area contributed by atoms with Crippen molar-refractivity contribution in [2.45, 2.75) is 0 Å². The van der Waals surface area contributed by atoms with Gasteiger partial charge in [0.15, 0.2) is 5.82 Å². The van der Waals surface area contributed by atoms with Crippen LogP contribution in [0.25, 0.3) is 104 Å². The van der Waals surface area contributed by atoms with E-state index in [4.69, 9.17) is 15.0 Å². The Hall–Kier alpha value is -7.21. The molecule has 0 bridgehead atoms. The lowest BCUT2D eigenvalue weighted by Crippen LogP contribution is -1.95. The molecule has 11 rings (SSSR count). The molecule has 0 aliphatic heterocycles. The first-order chi connectivity index (χ1) is 27.8. The summed E-state index contributed by atoms with van der Waals surface area (Å²) >= 11 is 1.83. The normalized spacial score (nSPS) is 11.6.